The highest BCUT2D eigenvalue weighted by Gasteiger charge is 2.36. The minimum Gasteiger partial charge on any atom is -0.476 e. The van der Waals surface area contributed by atoms with E-state index in [1.165, 1.54) is 4.31 Å². The van der Waals surface area contributed by atoms with E-state index in [9.17, 15) is 13.2 Å². The van der Waals surface area contributed by atoms with E-state index in [-0.39, 0.29) is 17.3 Å². The summed E-state index contributed by atoms with van der Waals surface area (Å²) in [5, 5.41) is 3.16. The molecule has 1 atom stereocenters. The van der Waals surface area contributed by atoms with E-state index in [4.69, 9.17) is 27.9 Å². The summed E-state index contributed by atoms with van der Waals surface area (Å²) in [7, 11) is -3.78. The molecular weight excluding hydrogens is 459 g/mol. The maximum absolute atomic E-state index is 13.2. The summed E-state index contributed by atoms with van der Waals surface area (Å²) >= 11 is 12.2. The quantitative estimate of drug-likeness (QED) is 0.577. The van der Waals surface area contributed by atoms with Crippen molar-refractivity contribution in [1.29, 1.82) is 0 Å². The summed E-state index contributed by atoms with van der Waals surface area (Å²) in [6, 6.07) is 20.5. The number of amides is 1. The van der Waals surface area contributed by atoms with Gasteiger partial charge in [-0.15, -0.1) is 0 Å². The number of para-hydroxylation sites is 2. The van der Waals surface area contributed by atoms with E-state index >= 15 is 0 Å². The van der Waals surface area contributed by atoms with Gasteiger partial charge in [0.15, 0.2) is 6.10 Å². The van der Waals surface area contributed by atoms with Crippen molar-refractivity contribution >= 4 is 50.5 Å². The molecule has 0 radical (unpaired) electrons. The number of nitrogens with one attached hydrogen (secondary N) is 1. The van der Waals surface area contributed by atoms with Gasteiger partial charge in [-0.2, -0.15) is 0 Å². The number of nitrogens with zero attached hydrogens (tertiary/aromatic N) is 1. The molecule has 0 bridgehead atoms. The van der Waals surface area contributed by atoms with E-state index in [0.29, 0.717) is 27.7 Å². The highest BCUT2D eigenvalue weighted by Crippen LogP contribution is 2.36. The summed E-state index contributed by atoms with van der Waals surface area (Å²) < 4.78 is 33.5. The van der Waals surface area contributed by atoms with E-state index in [2.05, 4.69) is 5.32 Å². The second-order valence-electron chi connectivity index (χ2n) is 6.94. The zero-order valence-corrected chi connectivity index (χ0v) is 18.5. The normalized spacial score (nSPS) is 15.7. The summed E-state index contributed by atoms with van der Waals surface area (Å²) in [4.78, 5) is 12.9. The Balaban J connectivity index is 1.62. The molecule has 0 spiro atoms. The number of halogens is 2. The van der Waals surface area contributed by atoms with E-state index < -0.39 is 22.0 Å². The van der Waals surface area contributed by atoms with Gasteiger partial charge >= 0.3 is 0 Å². The standard InChI is InChI=1S/C22H18Cl2N2O4S/c23-16-9-6-10-17(21(16)24)25-22(27)20-13-26(18-11-4-5-12-19(18)30-20)31(28,29)14-15-7-2-1-3-8-15/h1-12,20H,13-14H2,(H,25,27)/t20-/m1/s1. The smallest absolute Gasteiger partial charge is 0.267 e. The van der Waals surface area contributed by atoms with Gasteiger partial charge < -0.3 is 10.1 Å². The van der Waals surface area contributed by atoms with Gasteiger partial charge in [-0.3, -0.25) is 9.10 Å². The molecule has 31 heavy (non-hydrogen) atoms. The van der Waals surface area contributed by atoms with Crippen LogP contribution in [0.3, 0.4) is 0 Å². The number of ether oxygens (including phenoxy) is 1. The molecule has 1 aliphatic heterocycles. The molecule has 9 heteroatoms. The van der Waals surface area contributed by atoms with Crippen molar-refractivity contribution in [2.45, 2.75) is 11.9 Å². The number of benzene rings is 3. The van der Waals surface area contributed by atoms with Gasteiger partial charge in [0.1, 0.15) is 5.75 Å². The molecule has 0 unspecified atom stereocenters. The zero-order valence-electron chi connectivity index (χ0n) is 16.2. The first-order chi connectivity index (χ1) is 14.8. The lowest BCUT2D eigenvalue weighted by Crippen LogP contribution is -2.49. The van der Waals surface area contributed by atoms with Crippen LogP contribution in [0.15, 0.2) is 72.8 Å². The van der Waals surface area contributed by atoms with Crippen LogP contribution in [-0.4, -0.2) is 27.0 Å². The molecule has 3 aromatic rings. The molecule has 6 nitrogen and oxygen atoms in total. The molecule has 0 fully saturated rings. The number of fused-ring (bicyclic) bond motifs is 1. The number of hydrogen-bond donors (Lipinski definition) is 1. The second kappa shape index (κ2) is 8.78. The average molecular weight is 477 g/mol. The molecule has 1 aliphatic rings. The maximum Gasteiger partial charge on any atom is 0.267 e. The van der Waals surface area contributed by atoms with Crippen LogP contribution in [0.5, 0.6) is 5.75 Å². The fourth-order valence-corrected chi connectivity index (χ4v) is 5.21. The summed E-state index contributed by atoms with van der Waals surface area (Å²) in [5.41, 5.74) is 1.36. The SMILES string of the molecule is O=C(Nc1cccc(Cl)c1Cl)[C@H]1CN(S(=O)(=O)Cc2ccccc2)c2ccccc2O1. The molecule has 1 amide bonds. The first-order valence-corrected chi connectivity index (χ1v) is 11.8. The van der Waals surface area contributed by atoms with Gasteiger partial charge in [0.25, 0.3) is 5.91 Å². The predicted molar refractivity (Wildman–Crippen MR) is 122 cm³/mol. The van der Waals surface area contributed by atoms with Gasteiger partial charge in [0, 0.05) is 0 Å². The lowest BCUT2D eigenvalue weighted by atomic mass is 10.2. The Morgan fingerprint density at radius 2 is 1.71 bits per heavy atom. The van der Waals surface area contributed by atoms with E-state index in [0.717, 1.165) is 0 Å². The van der Waals surface area contributed by atoms with E-state index in [1.807, 2.05) is 6.07 Å². The number of carbonyl (C=O) groups is 1. The van der Waals surface area contributed by atoms with Gasteiger partial charge in [-0.05, 0) is 29.8 Å². The van der Waals surface area contributed by atoms with Crippen molar-refractivity contribution in [2.75, 3.05) is 16.2 Å². The Morgan fingerprint density at radius 3 is 2.48 bits per heavy atom. The monoisotopic (exact) mass is 476 g/mol. The average Bonchev–Trinajstić information content (AvgIpc) is 2.76. The lowest BCUT2D eigenvalue weighted by Gasteiger charge is -2.34. The van der Waals surface area contributed by atoms with Gasteiger partial charge in [0.2, 0.25) is 10.0 Å². The van der Waals surface area contributed by atoms with Gasteiger partial charge in [0.05, 0.1) is 33.7 Å². The molecule has 0 aliphatic carbocycles. The van der Waals surface area contributed by atoms with Crippen LogP contribution in [-0.2, 0) is 20.6 Å². The van der Waals surface area contributed by atoms with Gasteiger partial charge in [-0.1, -0.05) is 71.7 Å². The first kappa shape index (κ1) is 21.5. The van der Waals surface area contributed by atoms with E-state index in [1.54, 1.807) is 66.7 Å². The topological polar surface area (TPSA) is 75.7 Å². The van der Waals surface area contributed by atoms with Crippen LogP contribution in [0.25, 0.3) is 0 Å². The van der Waals surface area contributed by atoms with Crippen LogP contribution in [0.4, 0.5) is 11.4 Å². The minimum absolute atomic E-state index is 0.170. The number of rotatable bonds is 5. The molecule has 1 N–H and O–H groups in total. The second-order valence-corrected chi connectivity index (χ2v) is 9.62. The van der Waals surface area contributed by atoms with Crippen LogP contribution < -0.4 is 14.4 Å². The van der Waals surface area contributed by atoms with Gasteiger partial charge in [-0.25, -0.2) is 8.42 Å². The third kappa shape index (κ3) is 4.63. The number of carbonyl (C=O) groups excluding carboxylic acids is 1. The molecule has 0 saturated heterocycles. The zero-order chi connectivity index (χ0) is 22.0. The molecule has 1 heterocycles. The largest absolute Gasteiger partial charge is 0.476 e. The molecule has 160 valence electrons. The van der Waals surface area contributed by atoms with Crippen molar-refractivity contribution < 1.29 is 17.9 Å². The van der Waals surface area contributed by atoms with Crippen molar-refractivity contribution in [3.63, 3.8) is 0 Å². The Labute approximate surface area is 190 Å². The van der Waals surface area contributed by atoms with Crippen LogP contribution in [0.1, 0.15) is 5.56 Å². The van der Waals surface area contributed by atoms with Crippen molar-refractivity contribution in [3.05, 3.63) is 88.4 Å². The molecule has 4 rings (SSSR count). The number of sulfonamides is 1. The molecule has 0 saturated carbocycles. The summed E-state index contributed by atoms with van der Waals surface area (Å²) in [6.45, 7) is -0.170. The fraction of sp³-hybridized carbons (Fsp3) is 0.136. The third-order valence-corrected chi connectivity index (χ3v) is 7.30. The minimum atomic E-state index is -3.78. The first-order valence-electron chi connectivity index (χ1n) is 9.40. The summed E-state index contributed by atoms with van der Waals surface area (Å²) in [6.07, 6.45) is -1.07. The third-order valence-electron chi connectivity index (χ3n) is 4.76. The van der Waals surface area contributed by atoms with Crippen molar-refractivity contribution in [2.24, 2.45) is 0 Å². The Morgan fingerprint density at radius 1 is 1.00 bits per heavy atom. The lowest BCUT2D eigenvalue weighted by molar-refractivity contribution is -0.122. The molecular formula is C22H18Cl2N2O4S. The molecule has 3 aromatic carbocycles. The highest BCUT2D eigenvalue weighted by atomic mass is 35.5. The molecule has 0 aromatic heterocycles. The Bertz CT molecular complexity index is 1220. The number of anilines is 2. The van der Waals surface area contributed by atoms with Crippen molar-refractivity contribution in [1.82, 2.24) is 0 Å². The van der Waals surface area contributed by atoms with Crippen molar-refractivity contribution in [3.8, 4) is 5.75 Å². The Hall–Kier alpha value is -2.74. The Kier molecular flexibility index (Phi) is 6.09. The summed E-state index contributed by atoms with van der Waals surface area (Å²) in [5.74, 6) is -0.419. The fourth-order valence-electron chi connectivity index (χ4n) is 3.28. The predicted octanol–water partition coefficient (Wildman–Crippen LogP) is 4.73. The highest BCUT2D eigenvalue weighted by molar-refractivity contribution is 7.92. The van der Waals surface area contributed by atoms with Crippen LogP contribution >= 0.6 is 23.2 Å². The van der Waals surface area contributed by atoms with Crippen LogP contribution in [0.2, 0.25) is 10.0 Å². The van der Waals surface area contributed by atoms with Crippen LogP contribution in [0, 0.1) is 0 Å². The number of hydrogen-bond acceptors (Lipinski definition) is 4. The maximum atomic E-state index is 13.2.